The number of benzene rings is 2. The van der Waals surface area contributed by atoms with E-state index < -0.39 is 23.7 Å². The van der Waals surface area contributed by atoms with Crippen LogP contribution in [0.3, 0.4) is 0 Å². The zero-order chi connectivity index (χ0) is 22.1. The molecular formula is C21H24F3N3O3. The van der Waals surface area contributed by atoms with E-state index in [1.807, 2.05) is 30.3 Å². The van der Waals surface area contributed by atoms with Gasteiger partial charge in [-0.15, -0.1) is 0 Å². The van der Waals surface area contributed by atoms with Crippen molar-refractivity contribution in [3.05, 3.63) is 59.7 Å². The van der Waals surface area contributed by atoms with E-state index in [-0.39, 0.29) is 31.7 Å². The van der Waals surface area contributed by atoms with E-state index in [0.29, 0.717) is 5.69 Å². The topological polar surface area (TPSA) is 70.7 Å². The molecule has 0 saturated carbocycles. The molecule has 0 atom stereocenters. The lowest BCUT2D eigenvalue weighted by molar-refractivity contribution is -0.136. The number of nitrogens with one attached hydrogen (secondary N) is 2. The van der Waals surface area contributed by atoms with E-state index in [0.717, 1.165) is 11.6 Å². The molecule has 2 amide bonds. The summed E-state index contributed by atoms with van der Waals surface area (Å²) >= 11 is 0. The van der Waals surface area contributed by atoms with Crippen molar-refractivity contribution < 1.29 is 27.5 Å². The number of nitrogens with zero attached hydrogens (tertiary/aromatic N) is 1. The van der Waals surface area contributed by atoms with Crippen LogP contribution in [0, 0.1) is 0 Å². The van der Waals surface area contributed by atoms with Crippen molar-refractivity contribution >= 4 is 23.4 Å². The Kier molecular flexibility index (Phi) is 8.08. The highest BCUT2D eigenvalue weighted by molar-refractivity contribution is 5.92. The maximum Gasteiger partial charge on any atom is 0.418 e. The fourth-order valence-corrected chi connectivity index (χ4v) is 2.58. The summed E-state index contributed by atoms with van der Waals surface area (Å²) in [4.78, 5) is 25.2. The number of anilines is 2. The molecule has 162 valence electrons. The highest BCUT2D eigenvalue weighted by Gasteiger charge is 2.34. The standard InChI is InChI=1S/C21H24F3N3O3/c1-27(2)16-10-11-18(17(13-16)21(22,23)24)26-19(28)9-6-12-25-20(29)30-14-15-7-4-3-5-8-15/h3-5,7-8,10-11,13H,6,9,12,14H2,1-2H3,(H,25,29)(H,26,28). The third kappa shape index (κ3) is 7.31. The summed E-state index contributed by atoms with van der Waals surface area (Å²) in [6, 6.07) is 12.9. The van der Waals surface area contributed by atoms with E-state index in [4.69, 9.17) is 4.74 Å². The van der Waals surface area contributed by atoms with Gasteiger partial charge in [-0.3, -0.25) is 4.79 Å². The average molecular weight is 423 g/mol. The van der Waals surface area contributed by atoms with Gasteiger partial charge in [-0.2, -0.15) is 13.2 Å². The van der Waals surface area contributed by atoms with Crippen molar-refractivity contribution in [3.63, 3.8) is 0 Å². The molecule has 6 nitrogen and oxygen atoms in total. The molecule has 9 heteroatoms. The second-order valence-corrected chi connectivity index (χ2v) is 6.76. The van der Waals surface area contributed by atoms with E-state index in [9.17, 15) is 22.8 Å². The Bertz CT molecular complexity index is 856. The Morgan fingerprint density at radius 3 is 2.40 bits per heavy atom. The molecule has 0 aliphatic heterocycles. The second kappa shape index (κ2) is 10.5. The molecule has 0 aliphatic carbocycles. The molecule has 0 unspecified atom stereocenters. The Labute approximate surface area is 173 Å². The van der Waals surface area contributed by atoms with E-state index in [1.165, 1.54) is 12.1 Å². The Balaban J connectivity index is 1.78. The molecule has 0 aromatic heterocycles. The summed E-state index contributed by atoms with van der Waals surface area (Å²) < 4.78 is 44.9. The molecular weight excluding hydrogens is 399 g/mol. The molecule has 0 radical (unpaired) electrons. The van der Waals surface area contributed by atoms with Crippen LogP contribution in [0.5, 0.6) is 0 Å². The lowest BCUT2D eigenvalue weighted by atomic mass is 10.1. The average Bonchev–Trinajstić information content (AvgIpc) is 2.69. The first-order chi connectivity index (χ1) is 14.2. The molecule has 0 bridgehead atoms. The molecule has 30 heavy (non-hydrogen) atoms. The largest absolute Gasteiger partial charge is 0.445 e. The lowest BCUT2D eigenvalue weighted by Gasteiger charge is -2.18. The molecule has 0 saturated heterocycles. The number of alkyl halides is 3. The maximum absolute atomic E-state index is 13.3. The van der Waals surface area contributed by atoms with Gasteiger partial charge in [-0.05, 0) is 30.2 Å². The van der Waals surface area contributed by atoms with E-state index >= 15 is 0 Å². The molecule has 2 aromatic carbocycles. The monoisotopic (exact) mass is 423 g/mol. The number of carbonyl (C=O) groups is 2. The first-order valence-corrected chi connectivity index (χ1v) is 9.30. The Hall–Kier alpha value is -3.23. The van der Waals surface area contributed by atoms with Crippen LogP contribution in [0.2, 0.25) is 0 Å². The van der Waals surface area contributed by atoms with Crippen molar-refractivity contribution in [2.24, 2.45) is 0 Å². The summed E-state index contributed by atoms with van der Waals surface area (Å²) in [6.07, 6.45) is -5.02. The van der Waals surface area contributed by atoms with Gasteiger partial charge in [0.1, 0.15) is 6.61 Å². The molecule has 2 N–H and O–H groups in total. The molecule has 0 aliphatic rings. The highest BCUT2D eigenvalue weighted by atomic mass is 19.4. The molecule has 2 rings (SSSR count). The van der Waals surface area contributed by atoms with Gasteiger partial charge in [-0.25, -0.2) is 4.79 Å². The van der Waals surface area contributed by atoms with E-state index in [1.54, 1.807) is 19.0 Å². The number of carbonyl (C=O) groups excluding carboxylic acids is 2. The number of halogens is 3. The number of rotatable bonds is 8. The number of hydrogen-bond acceptors (Lipinski definition) is 4. The molecule has 0 spiro atoms. The van der Waals surface area contributed by atoms with Crippen LogP contribution >= 0.6 is 0 Å². The first-order valence-electron chi connectivity index (χ1n) is 9.30. The van der Waals surface area contributed by atoms with Crippen LogP contribution in [0.4, 0.5) is 29.3 Å². The Morgan fingerprint density at radius 1 is 1.07 bits per heavy atom. The van der Waals surface area contributed by atoms with Gasteiger partial charge in [0.05, 0.1) is 11.3 Å². The summed E-state index contributed by atoms with van der Waals surface area (Å²) in [5.41, 5.74) is 0.00400. The van der Waals surface area contributed by atoms with Crippen LogP contribution in [0.15, 0.2) is 48.5 Å². The molecule has 2 aromatic rings. The predicted octanol–water partition coefficient (Wildman–Crippen LogP) is 4.42. The second-order valence-electron chi connectivity index (χ2n) is 6.76. The normalized spacial score (nSPS) is 11.0. The van der Waals surface area contributed by atoms with Crippen molar-refractivity contribution in [1.29, 1.82) is 0 Å². The number of ether oxygens (including phenoxy) is 1. The van der Waals surface area contributed by atoms with Crippen LogP contribution in [-0.2, 0) is 22.3 Å². The van der Waals surface area contributed by atoms with Gasteiger partial charge < -0.3 is 20.3 Å². The van der Waals surface area contributed by atoms with Gasteiger partial charge >= 0.3 is 12.3 Å². The van der Waals surface area contributed by atoms with Crippen LogP contribution in [-0.4, -0.2) is 32.6 Å². The summed E-state index contributed by atoms with van der Waals surface area (Å²) in [6.45, 7) is 0.281. The minimum Gasteiger partial charge on any atom is -0.445 e. The summed E-state index contributed by atoms with van der Waals surface area (Å²) in [5, 5.41) is 4.80. The molecule has 0 heterocycles. The third-order valence-corrected chi connectivity index (χ3v) is 4.16. The van der Waals surface area contributed by atoms with Gasteiger partial charge in [0.25, 0.3) is 0 Å². The zero-order valence-electron chi connectivity index (χ0n) is 16.8. The summed E-state index contributed by atoms with van der Waals surface area (Å²) in [7, 11) is 3.26. The zero-order valence-corrected chi connectivity index (χ0v) is 16.8. The van der Waals surface area contributed by atoms with Gasteiger partial charge in [-0.1, -0.05) is 30.3 Å². The van der Waals surface area contributed by atoms with Crippen molar-refractivity contribution in [1.82, 2.24) is 5.32 Å². The predicted molar refractivity (Wildman–Crippen MR) is 108 cm³/mol. The number of amides is 2. The van der Waals surface area contributed by atoms with E-state index in [2.05, 4.69) is 10.6 Å². The van der Waals surface area contributed by atoms with Gasteiger partial charge in [0.2, 0.25) is 5.91 Å². The van der Waals surface area contributed by atoms with Crippen LogP contribution < -0.4 is 15.5 Å². The first kappa shape index (κ1) is 23.1. The summed E-state index contributed by atoms with van der Waals surface area (Å²) in [5.74, 6) is -0.572. The number of hydrogen-bond donors (Lipinski definition) is 2. The quantitative estimate of drug-likeness (QED) is 0.617. The third-order valence-electron chi connectivity index (χ3n) is 4.16. The minimum atomic E-state index is -4.60. The SMILES string of the molecule is CN(C)c1ccc(NC(=O)CCCNC(=O)OCc2ccccc2)c(C(F)(F)F)c1. The van der Waals surface area contributed by atoms with Crippen LogP contribution in [0.25, 0.3) is 0 Å². The Morgan fingerprint density at radius 2 is 1.77 bits per heavy atom. The fraction of sp³-hybridized carbons (Fsp3) is 0.333. The van der Waals surface area contributed by atoms with Gasteiger partial charge in [0, 0.05) is 32.7 Å². The maximum atomic E-state index is 13.3. The fourth-order valence-electron chi connectivity index (χ4n) is 2.58. The van der Waals surface area contributed by atoms with Crippen LogP contribution in [0.1, 0.15) is 24.0 Å². The lowest BCUT2D eigenvalue weighted by Crippen LogP contribution is -2.26. The van der Waals surface area contributed by atoms with Crippen molar-refractivity contribution in [2.45, 2.75) is 25.6 Å². The molecule has 0 fully saturated rings. The highest BCUT2D eigenvalue weighted by Crippen LogP contribution is 2.37. The van der Waals surface area contributed by atoms with Crippen molar-refractivity contribution in [2.75, 3.05) is 30.9 Å². The minimum absolute atomic E-state index is 0.0499. The van der Waals surface area contributed by atoms with Gasteiger partial charge in [0.15, 0.2) is 0 Å². The smallest absolute Gasteiger partial charge is 0.418 e. The number of alkyl carbamates (subject to hydrolysis) is 1. The van der Waals surface area contributed by atoms with Crippen molar-refractivity contribution in [3.8, 4) is 0 Å².